The van der Waals surface area contributed by atoms with Crippen molar-refractivity contribution in [3.63, 3.8) is 0 Å². The van der Waals surface area contributed by atoms with E-state index in [0.29, 0.717) is 24.5 Å². The number of fused-ring (bicyclic) bond motifs is 4. The van der Waals surface area contributed by atoms with Gasteiger partial charge in [0, 0.05) is 54.8 Å². The number of H-pyrrole nitrogens is 1. The van der Waals surface area contributed by atoms with Gasteiger partial charge in [0.25, 0.3) is 0 Å². The second-order valence-electron chi connectivity index (χ2n) is 10.1. The second kappa shape index (κ2) is 10.3. The normalized spacial score (nSPS) is 21.9. The number of nitrogens with one attached hydrogen (secondary N) is 1. The molecule has 1 unspecified atom stereocenters. The molecule has 1 aromatic heterocycles. The number of piperazine rings is 1. The van der Waals surface area contributed by atoms with Gasteiger partial charge in [-0.2, -0.15) is 0 Å². The Morgan fingerprint density at radius 2 is 1.82 bits per heavy atom. The number of morpholine rings is 1. The van der Waals surface area contributed by atoms with E-state index in [9.17, 15) is 9.59 Å². The highest BCUT2D eigenvalue weighted by Gasteiger charge is 2.49. The fourth-order valence-electron chi connectivity index (χ4n) is 6.27. The molecular formula is C29H34N4O5. The van der Waals surface area contributed by atoms with E-state index in [0.717, 1.165) is 67.0 Å². The highest BCUT2D eigenvalue weighted by Crippen LogP contribution is 2.46. The number of aromatic amines is 1. The summed E-state index contributed by atoms with van der Waals surface area (Å²) < 4.78 is 16.8. The van der Waals surface area contributed by atoms with E-state index in [1.807, 2.05) is 36.4 Å². The summed E-state index contributed by atoms with van der Waals surface area (Å²) in [5.74, 6) is 1.11. The van der Waals surface area contributed by atoms with Crippen LogP contribution in [0, 0.1) is 0 Å². The van der Waals surface area contributed by atoms with Gasteiger partial charge in [-0.05, 0) is 24.1 Å². The van der Waals surface area contributed by atoms with Crippen molar-refractivity contribution >= 4 is 22.7 Å². The maximum atomic E-state index is 13.9. The number of rotatable bonds is 7. The molecule has 4 heterocycles. The van der Waals surface area contributed by atoms with E-state index < -0.39 is 12.1 Å². The highest BCUT2D eigenvalue weighted by molar-refractivity contribution is 5.97. The molecule has 2 fully saturated rings. The smallest absolute Gasteiger partial charge is 0.246 e. The first-order valence-corrected chi connectivity index (χ1v) is 13.3. The number of hydrogen-bond acceptors (Lipinski definition) is 6. The number of amides is 2. The number of hydrogen-bond donors (Lipinski definition) is 1. The van der Waals surface area contributed by atoms with Crippen LogP contribution in [0.5, 0.6) is 11.5 Å². The van der Waals surface area contributed by atoms with Crippen molar-refractivity contribution in [2.75, 3.05) is 60.2 Å². The van der Waals surface area contributed by atoms with E-state index in [1.54, 1.807) is 24.0 Å². The Kier molecular flexibility index (Phi) is 6.71. The summed E-state index contributed by atoms with van der Waals surface area (Å²) in [6.45, 7) is 4.87. The summed E-state index contributed by atoms with van der Waals surface area (Å²) in [5.41, 5.74) is 3.79. The zero-order valence-corrected chi connectivity index (χ0v) is 21.9. The van der Waals surface area contributed by atoms with Gasteiger partial charge in [0.1, 0.15) is 12.1 Å². The molecule has 2 saturated heterocycles. The maximum Gasteiger partial charge on any atom is 0.246 e. The molecule has 9 heteroatoms. The Morgan fingerprint density at radius 1 is 1.00 bits per heavy atom. The van der Waals surface area contributed by atoms with Gasteiger partial charge in [-0.1, -0.05) is 30.3 Å². The topological polar surface area (TPSA) is 87.3 Å². The predicted octanol–water partition coefficient (Wildman–Crippen LogP) is 2.59. The summed E-state index contributed by atoms with van der Waals surface area (Å²) in [5, 5.41) is 1.08. The van der Waals surface area contributed by atoms with Gasteiger partial charge in [0.2, 0.25) is 11.8 Å². The SMILES string of the molecule is COc1cccc(C2c3[nH]c4ccccc4c3C[C@H]3C(=O)N(CCCN4CCOCC4)CC(=O)N23)c1OC. The molecule has 3 aromatic rings. The molecule has 0 bridgehead atoms. The number of para-hydroxylation sites is 2. The quantitative estimate of drug-likeness (QED) is 0.518. The zero-order valence-electron chi connectivity index (χ0n) is 21.9. The Hall–Kier alpha value is -3.56. The average Bonchev–Trinajstić information content (AvgIpc) is 3.33. The number of carbonyl (C=O) groups excluding carboxylic acids is 2. The van der Waals surface area contributed by atoms with Gasteiger partial charge < -0.3 is 29.0 Å². The van der Waals surface area contributed by atoms with Crippen molar-refractivity contribution in [3.8, 4) is 11.5 Å². The van der Waals surface area contributed by atoms with Gasteiger partial charge >= 0.3 is 0 Å². The summed E-state index contributed by atoms with van der Waals surface area (Å²) in [6.07, 6.45) is 1.31. The standard InChI is InChI=1S/C29H34N4O5/c1-36-24-10-5-8-20(28(24)37-2)27-26-21(19-7-3-4-9-22(19)30-26)17-23-29(35)32(18-25(34)33(23)27)12-6-11-31-13-15-38-16-14-31/h3-5,7-10,23,27,30H,6,11-18H2,1-2H3/t23-,27?/m0/s1. The molecule has 2 amide bonds. The third-order valence-electron chi connectivity index (χ3n) is 8.08. The van der Waals surface area contributed by atoms with Gasteiger partial charge in [-0.25, -0.2) is 0 Å². The lowest BCUT2D eigenvalue weighted by Crippen LogP contribution is -2.63. The number of methoxy groups -OCH3 is 2. The van der Waals surface area contributed by atoms with Crippen LogP contribution in [0.3, 0.4) is 0 Å². The fraction of sp³-hybridized carbons (Fsp3) is 0.448. The summed E-state index contributed by atoms with van der Waals surface area (Å²) >= 11 is 0. The Morgan fingerprint density at radius 3 is 2.61 bits per heavy atom. The molecule has 200 valence electrons. The van der Waals surface area contributed by atoms with Gasteiger partial charge in [0.05, 0.1) is 34.0 Å². The van der Waals surface area contributed by atoms with Crippen LogP contribution in [-0.4, -0.2) is 97.7 Å². The molecule has 2 aromatic carbocycles. The molecule has 38 heavy (non-hydrogen) atoms. The minimum Gasteiger partial charge on any atom is -0.493 e. The molecule has 6 rings (SSSR count). The first-order valence-electron chi connectivity index (χ1n) is 13.3. The van der Waals surface area contributed by atoms with Crippen LogP contribution in [0.4, 0.5) is 0 Å². The van der Waals surface area contributed by atoms with Crippen LogP contribution in [0.15, 0.2) is 42.5 Å². The first kappa shape index (κ1) is 24.8. The number of carbonyl (C=O) groups is 2. The Bertz CT molecular complexity index is 1350. The minimum atomic E-state index is -0.577. The van der Waals surface area contributed by atoms with Gasteiger partial charge in [0.15, 0.2) is 11.5 Å². The summed E-state index contributed by atoms with van der Waals surface area (Å²) in [7, 11) is 3.21. The molecule has 3 aliphatic rings. The molecule has 0 saturated carbocycles. The molecular weight excluding hydrogens is 484 g/mol. The van der Waals surface area contributed by atoms with Crippen LogP contribution in [-0.2, 0) is 20.7 Å². The lowest BCUT2D eigenvalue weighted by molar-refractivity contribution is -0.158. The van der Waals surface area contributed by atoms with Crippen molar-refractivity contribution in [2.45, 2.75) is 24.9 Å². The first-order chi connectivity index (χ1) is 18.6. The molecule has 1 N–H and O–H groups in total. The van der Waals surface area contributed by atoms with Crippen LogP contribution in [0.1, 0.15) is 29.3 Å². The number of aromatic nitrogens is 1. The summed E-state index contributed by atoms with van der Waals surface area (Å²) in [6, 6.07) is 12.7. The second-order valence-corrected chi connectivity index (χ2v) is 10.1. The van der Waals surface area contributed by atoms with Crippen LogP contribution in [0.2, 0.25) is 0 Å². The minimum absolute atomic E-state index is 0.00868. The molecule has 2 atom stereocenters. The van der Waals surface area contributed by atoms with E-state index >= 15 is 0 Å². The van der Waals surface area contributed by atoms with E-state index in [-0.39, 0.29) is 18.4 Å². The van der Waals surface area contributed by atoms with Crippen LogP contribution < -0.4 is 9.47 Å². The monoisotopic (exact) mass is 518 g/mol. The zero-order chi connectivity index (χ0) is 26.2. The molecule has 0 spiro atoms. The van der Waals surface area contributed by atoms with Crippen LogP contribution in [0.25, 0.3) is 10.9 Å². The highest BCUT2D eigenvalue weighted by atomic mass is 16.5. The summed E-state index contributed by atoms with van der Waals surface area (Å²) in [4.78, 5) is 37.2. The molecule has 9 nitrogen and oxygen atoms in total. The van der Waals surface area contributed by atoms with Crippen molar-refractivity contribution in [1.82, 2.24) is 19.7 Å². The molecule has 3 aliphatic heterocycles. The largest absolute Gasteiger partial charge is 0.493 e. The van der Waals surface area contributed by atoms with E-state index in [1.165, 1.54) is 0 Å². The van der Waals surface area contributed by atoms with Crippen molar-refractivity contribution in [3.05, 3.63) is 59.3 Å². The molecule has 0 radical (unpaired) electrons. The Balaban J connectivity index is 1.36. The van der Waals surface area contributed by atoms with Crippen molar-refractivity contribution < 1.29 is 23.8 Å². The van der Waals surface area contributed by atoms with Gasteiger partial charge in [-0.3, -0.25) is 14.5 Å². The third kappa shape index (κ3) is 4.19. The average molecular weight is 519 g/mol. The lowest BCUT2D eigenvalue weighted by atomic mass is 9.85. The molecule has 0 aliphatic carbocycles. The number of ether oxygens (including phenoxy) is 3. The third-order valence-corrected chi connectivity index (χ3v) is 8.08. The number of nitrogens with zero attached hydrogens (tertiary/aromatic N) is 3. The van der Waals surface area contributed by atoms with Crippen molar-refractivity contribution in [2.24, 2.45) is 0 Å². The maximum absolute atomic E-state index is 13.9. The van der Waals surface area contributed by atoms with Gasteiger partial charge in [-0.15, -0.1) is 0 Å². The van der Waals surface area contributed by atoms with E-state index in [2.05, 4.69) is 16.0 Å². The fourth-order valence-corrected chi connectivity index (χ4v) is 6.27. The van der Waals surface area contributed by atoms with Crippen molar-refractivity contribution in [1.29, 1.82) is 0 Å². The lowest BCUT2D eigenvalue weighted by Gasteiger charge is -2.47. The van der Waals surface area contributed by atoms with E-state index in [4.69, 9.17) is 14.2 Å². The predicted molar refractivity (Wildman–Crippen MR) is 142 cm³/mol. The van der Waals surface area contributed by atoms with Crippen LogP contribution >= 0.6 is 0 Å². The Labute approximate surface area is 222 Å². The number of benzene rings is 2.